The van der Waals surface area contributed by atoms with Gasteiger partial charge in [0.1, 0.15) is 19.3 Å². The molecule has 19 heteroatoms. The van der Waals surface area contributed by atoms with E-state index in [1.54, 1.807) is 0 Å². The molecule has 89 heavy (non-hydrogen) atoms. The number of phosphoric acid groups is 2. The number of unbranched alkanes of at least 4 members (excludes halogenated alkanes) is 39. The van der Waals surface area contributed by atoms with Gasteiger partial charge in [0.25, 0.3) is 0 Å². The Morgan fingerprint density at radius 1 is 0.303 bits per heavy atom. The molecule has 0 aromatic rings. The molecule has 2 unspecified atom stereocenters. The van der Waals surface area contributed by atoms with Crippen LogP contribution >= 0.6 is 15.6 Å². The molecule has 0 aromatic heterocycles. The van der Waals surface area contributed by atoms with Crippen molar-refractivity contribution in [1.82, 2.24) is 0 Å². The van der Waals surface area contributed by atoms with Gasteiger partial charge in [-0.05, 0) is 37.5 Å². The summed E-state index contributed by atoms with van der Waals surface area (Å²) in [5.74, 6) is -0.731. The minimum atomic E-state index is -4.95. The molecule has 0 saturated heterocycles. The molecule has 0 rings (SSSR count). The van der Waals surface area contributed by atoms with Crippen LogP contribution in [-0.2, 0) is 65.4 Å². The zero-order chi connectivity index (χ0) is 65.7. The molecule has 0 aliphatic heterocycles. The van der Waals surface area contributed by atoms with Gasteiger partial charge in [-0.25, -0.2) is 9.13 Å². The van der Waals surface area contributed by atoms with Crippen molar-refractivity contribution in [3.63, 3.8) is 0 Å². The van der Waals surface area contributed by atoms with Gasteiger partial charge < -0.3 is 33.8 Å². The van der Waals surface area contributed by atoms with Gasteiger partial charge in [0, 0.05) is 25.7 Å². The zero-order valence-electron chi connectivity index (χ0n) is 57.7. The maximum atomic E-state index is 13.0. The van der Waals surface area contributed by atoms with Gasteiger partial charge in [0.15, 0.2) is 12.2 Å². The van der Waals surface area contributed by atoms with E-state index in [4.69, 9.17) is 37.0 Å². The highest BCUT2D eigenvalue weighted by molar-refractivity contribution is 7.47. The second kappa shape index (κ2) is 62.2. The molecule has 0 radical (unpaired) electrons. The maximum absolute atomic E-state index is 13.0. The molecule has 0 amide bonds. The second-order valence-electron chi connectivity index (χ2n) is 26.2. The Morgan fingerprint density at radius 3 is 0.764 bits per heavy atom. The smallest absolute Gasteiger partial charge is 0.462 e. The van der Waals surface area contributed by atoms with E-state index in [-0.39, 0.29) is 25.7 Å². The van der Waals surface area contributed by atoms with Crippen LogP contribution in [0.1, 0.15) is 356 Å². The molecule has 528 valence electrons. The number of hydrogen-bond acceptors (Lipinski definition) is 15. The van der Waals surface area contributed by atoms with Gasteiger partial charge in [-0.3, -0.25) is 37.3 Å². The van der Waals surface area contributed by atoms with Crippen molar-refractivity contribution in [2.75, 3.05) is 39.6 Å². The SMILES string of the molecule is CCCCCCCCCCCCCCCCCCCCCCCC(=O)O[C@H](COC(=O)CCCCCCCCCC(C)C)COP(=O)(O)OC[C@@H](O)COP(=O)(O)OC[C@@H](COC(=O)CCCCCCCCCC)OC(=O)CCCCCCCCCC(C)C. The second-order valence-corrected chi connectivity index (χ2v) is 29.1. The molecule has 3 N–H and O–H groups in total. The van der Waals surface area contributed by atoms with Gasteiger partial charge in [0.2, 0.25) is 0 Å². The lowest BCUT2D eigenvalue weighted by Crippen LogP contribution is -2.30. The lowest BCUT2D eigenvalue weighted by molar-refractivity contribution is -0.161. The van der Waals surface area contributed by atoms with Crippen LogP contribution in [-0.4, -0.2) is 96.7 Å². The quantitative estimate of drug-likeness (QED) is 0.0222. The fourth-order valence-electron chi connectivity index (χ4n) is 10.6. The van der Waals surface area contributed by atoms with Crippen molar-refractivity contribution in [1.29, 1.82) is 0 Å². The van der Waals surface area contributed by atoms with E-state index in [2.05, 4.69) is 41.5 Å². The Kier molecular flexibility index (Phi) is 60.8. The number of carbonyl (C=O) groups excluding carboxylic acids is 4. The van der Waals surface area contributed by atoms with E-state index in [0.29, 0.717) is 37.5 Å². The van der Waals surface area contributed by atoms with Crippen molar-refractivity contribution in [2.24, 2.45) is 11.8 Å². The summed E-state index contributed by atoms with van der Waals surface area (Å²) in [6.45, 7) is 9.39. The van der Waals surface area contributed by atoms with E-state index in [1.165, 1.54) is 161 Å². The molecule has 0 aliphatic rings. The Labute approximate surface area is 543 Å². The summed E-state index contributed by atoms with van der Waals surface area (Å²) in [6.07, 6.45) is 47.7. The number of hydrogen-bond donors (Lipinski definition) is 3. The maximum Gasteiger partial charge on any atom is 0.472 e. The number of aliphatic hydroxyl groups is 1. The number of phosphoric ester groups is 2. The summed E-state index contributed by atoms with van der Waals surface area (Å²) >= 11 is 0. The van der Waals surface area contributed by atoms with Crippen LogP contribution in [0, 0.1) is 11.8 Å². The molecule has 0 saturated carbocycles. The third kappa shape index (κ3) is 64.6. The van der Waals surface area contributed by atoms with Crippen molar-refractivity contribution in [2.45, 2.75) is 374 Å². The van der Waals surface area contributed by atoms with Crippen LogP contribution in [0.4, 0.5) is 0 Å². The van der Waals surface area contributed by atoms with Crippen LogP contribution in [0.5, 0.6) is 0 Å². The van der Waals surface area contributed by atoms with Gasteiger partial charge >= 0.3 is 39.5 Å². The van der Waals surface area contributed by atoms with Crippen LogP contribution in [0.15, 0.2) is 0 Å². The normalized spacial score (nSPS) is 14.1. The third-order valence-electron chi connectivity index (χ3n) is 16.2. The first-order valence-electron chi connectivity index (χ1n) is 36.5. The Balaban J connectivity index is 5.13. The molecule has 0 heterocycles. The van der Waals surface area contributed by atoms with E-state index < -0.39 is 97.5 Å². The summed E-state index contributed by atoms with van der Waals surface area (Å²) in [5.41, 5.74) is 0. The Bertz CT molecular complexity index is 1730. The van der Waals surface area contributed by atoms with Crippen LogP contribution in [0.2, 0.25) is 0 Å². The van der Waals surface area contributed by atoms with Crippen LogP contribution < -0.4 is 0 Å². The molecule has 17 nitrogen and oxygen atoms in total. The van der Waals surface area contributed by atoms with Gasteiger partial charge in [0.05, 0.1) is 26.4 Å². The Morgan fingerprint density at radius 2 is 0.517 bits per heavy atom. The summed E-state index contributed by atoms with van der Waals surface area (Å²) in [6, 6.07) is 0. The fraction of sp³-hybridized carbons (Fsp3) is 0.943. The highest BCUT2D eigenvalue weighted by Gasteiger charge is 2.30. The van der Waals surface area contributed by atoms with Crippen molar-refractivity contribution >= 4 is 39.5 Å². The first kappa shape index (κ1) is 87.1. The lowest BCUT2D eigenvalue weighted by atomic mass is 10.0. The first-order valence-corrected chi connectivity index (χ1v) is 39.5. The first-order chi connectivity index (χ1) is 42.9. The summed E-state index contributed by atoms with van der Waals surface area (Å²) in [4.78, 5) is 72.3. The standard InChI is InChI=1S/C70H136O17P2/c1-7-9-11-13-15-17-18-19-20-21-22-23-24-25-26-27-28-29-35-42-48-54-69(74)86-65(59-81-68(73)53-47-41-36-30-32-38-44-50-62(3)4)60-84-88(76,77)82-56-64(71)57-83-89(78,79)85-61-66(58-80-67(72)52-46-40-34-16-14-12-10-8-2)87-70(75)55-49-43-37-31-33-39-45-51-63(5)6/h62-66,71H,7-61H2,1-6H3,(H,76,77)(H,78,79)/t64-,65-,66-/m1/s1. The number of ether oxygens (including phenoxy) is 4. The predicted octanol–water partition coefficient (Wildman–Crippen LogP) is 20.0. The number of rotatable bonds is 69. The minimum absolute atomic E-state index is 0.103. The van der Waals surface area contributed by atoms with Crippen LogP contribution in [0.3, 0.4) is 0 Å². The number of carbonyl (C=O) groups is 4. The number of aliphatic hydroxyl groups excluding tert-OH is 1. The van der Waals surface area contributed by atoms with E-state index >= 15 is 0 Å². The largest absolute Gasteiger partial charge is 0.472 e. The highest BCUT2D eigenvalue weighted by atomic mass is 31.2. The van der Waals surface area contributed by atoms with Crippen molar-refractivity contribution in [3.05, 3.63) is 0 Å². The number of esters is 4. The average Bonchev–Trinajstić information content (AvgIpc) is 3.68. The summed E-state index contributed by atoms with van der Waals surface area (Å²) in [7, 11) is -9.89. The molecule has 0 spiro atoms. The van der Waals surface area contributed by atoms with Crippen molar-refractivity contribution < 1.29 is 80.2 Å². The van der Waals surface area contributed by atoms with Gasteiger partial charge in [-0.2, -0.15) is 0 Å². The fourth-order valence-corrected chi connectivity index (χ4v) is 12.2. The molecule has 5 atom stereocenters. The highest BCUT2D eigenvalue weighted by Crippen LogP contribution is 2.45. The average molecular weight is 1310 g/mol. The molecule has 0 aliphatic carbocycles. The van der Waals surface area contributed by atoms with E-state index in [0.717, 1.165) is 103 Å². The predicted molar refractivity (Wildman–Crippen MR) is 358 cm³/mol. The van der Waals surface area contributed by atoms with E-state index in [1.807, 2.05) is 0 Å². The van der Waals surface area contributed by atoms with Gasteiger partial charge in [-0.15, -0.1) is 0 Å². The lowest BCUT2D eigenvalue weighted by Gasteiger charge is -2.21. The molecule has 0 fully saturated rings. The topological polar surface area (TPSA) is 237 Å². The van der Waals surface area contributed by atoms with Crippen LogP contribution in [0.25, 0.3) is 0 Å². The molecular weight excluding hydrogens is 1170 g/mol. The molecule has 0 aromatic carbocycles. The zero-order valence-corrected chi connectivity index (χ0v) is 59.5. The van der Waals surface area contributed by atoms with Gasteiger partial charge in [-0.1, -0.05) is 305 Å². The minimum Gasteiger partial charge on any atom is -0.462 e. The summed E-state index contributed by atoms with van der Waals surface area (Å²) in [5, 5.41) is 10.6. The van der Waals surface area contributed by atoms with Crippen molar-refractivity contribution in [3.8, 4) is 0 Å². The van der Waals surface area contributed by atoms with E-state index in [9.17, 15) is 43.2 Å². The monoisotopic (exact) mass is 1310 g/mol. The molecule has 0 bridgehead atoms. The summed E-state index contributed by atoms with van der Waals surface area (Å²) < 4.78 is 68.1. The molecular formula is C70H136O17P2. The third-order valence-corrected chi connectivity index (χ3v) is 18.1. The Hall–Kier alpha value is -1.94.